The number of hydrogen-bond acceptors (Lipinski definition) is 9. The van der Waals surface area contributed by atoms with Gasteiger partial charge in [-0.25, -0.2) is 9.97 Å². The monoisotopic (exact) mass is 392 g/mol. The highest BCUT2D eigenvalue weighted by Crippen LogP contribution is 2.25. The number of rotatable bonds is 7. The van der Waals surface area contributed by atoms with E-state index < -0.39 is 0 Å². The normalized spacial score (nSPS) is 12.2. The molecule has 4 rings (SSSR count). The van der Waals surface area contributed by atoms with Crippen LogP contribution in [-0.2, 0) is 11.3 Å². The molecule has 0 aliphatic rings. The van der Waals surface area contributed by atoms with Crippen molar-refractivity contribution in [2.75, 3.05) is 19.5 Å². The van der Waals surface area contributed by atoms with E-state index in [1.807, 2.05) is 25.3 Å². The van der Waals surface area contributed by atoms with Gasteiger partial charge in [0.25, 0.3) is 5.89 Å². The van der Waals surface area contributed by atoms with Crippen molar-refractivity contribution < 1.29 is 9.26 Å². The zero-order chi connectivity index (χ0) is 20.2. The fraction of sp³-hybridized carbons (Fsp3) is 0.263. The number of nitrogens with two attached hydrogens (primary N) is 1. The van der Waals surface area contributed by atoms with Crippen molar-refractivity contribution in [1.29, 1.82) is 0 Å². The van der Waals surface area contributed by atoms with Crippen molar-refractivity contribution in [1.82, 2.24) is 34.9 Å². The number of aromatic nitrogens is 7. The Morgan fingerprint density at radius 1 is 1.10 bits per heavy atom. The average Bonchev–Trinajstić information content (AvgIpc) is 3.42. The summed E-state index contributed by atoms with van der Waals surface area (Å²) in [7, 11) is 1.65. The first-order valence-corrected chi connectivity index (χ1v) is 9.03. The van der Waals surface area contributed by atoms with Crippen molar-refractivity contribution in [3.63, 3.8) is 0 Å². The van der Waals surface area contributed by atoms with Gasteiger partial charge in [0.1, 0.15) is 11.5 Å². The average molecular weight is 392 g/mol. The molecule has 0 aliphatic carbocycles. The highest BCUT2D eigenvalue weighted by molar-refractivity contribution is 5.54. The quantitative estimate of drug-likeness (QED) is 0.502. The first kappa shape index (κ1) is 18.7. The largest absolute Gasteiger partial charge is 0.383 e. The molecule has 4 aromatic rings. The van der Waals surface area contributed by atoms with Gasteiger partial charge in [0.05, 0.1) is 43.0 Å². The molecule has 0 saturated heterocycles. The van der Waals surface area contributed by atoms with Gasteiger partial charge in [0, 0.05) is 25.4 Å². The van der Waals surface area contributed by atoms with E-state index in [2.05, 4.69) is 30.2 Å². The number of methoxy groups -OCH3 is 1. The fourth-order valence-electron chi connectivity index (χ4n) is 2.74. The van der Waals surface area contributed by atoms with Crippen LogP contribution in [0.4, 0.5) is 5.82 Å². The second-order valence-corrected chi connectivity index (χ2v) is 6.47. The van der Waals surface area contributed by atoms with E-state index in [0.717, 1.165) is 11.1 Å². The van der Waals surface area contributed by atoms with Crippen LogP contribution in [0, 0.1) is 0 Å². The van der Waals surface area contributed by atoms with Gasteiger partial charge in [-0.05, 0) is 11.6 Å². The van der Waals surface area contributed by atoms with Crippen LogP contribution in [0.15, 0.2) is 47.6 Å². The van der Waals surface area contributed by atoms with Gasteiger partial charge < -0.3 is 15.0 Å². The molecule has 10 nitrogen and oxygen atoms in total. The number of nitrogen functional groups attached to an aromatic ring is 1. The van der Waals surface area contributed by atoms with E-state index >= 15 is 0 Å². The Labute approximate surface area is 166 Å². The van der Waals surface area contributed by atoms with Crippen LogP contribution in [0.2, 0.25) is 0 Å². The van der Waals surface area contributed by atoms with Crippen molar-refractivity contribution in [3.05, 3.63) is 54.5 Å². The third-order valence-electron chi connectivity index (χ3n) is 4.45. The van der Waals surface area contributed by atoms with Crippen LogP contribution < -0.4 is 5.73 Å². The first-order valence-electron chi connectivity index (χ1n) is 9.03. The molecule has 0 aliphatic heterocycles. The van der Waals surface area contributed by atoms with Gasteiger partial charge in [-0.3, -0.25) is 9.67 Å². The summed E-state index contributed by atoms with van der Waals surface area (Å²) in [5.41, 5.74) is 8.67. The second kappa shape index (κ2) is 8.15. The standard InChI is InChI=1S/C19H20N8O2/c1-12(13-3-4-15(21-7-13)16-9-23-17(20)10-22-16)18-25-19(29-26-18)14-8-24-27(11-14)5-6-28-2/h3-4,7-12H,5-6H2,1-2H3,(H2,20,23). The lowest BCUT2D eigenvalue weighted by molar-refractivity contribution is 0.183. The van der Waals surface area contributed by atoms with E-state index in [9.17, 15) is 0 Å². The molecule has 1 unspecified atom stereocenters. The minimum atomic E-state index is -0.0879. The third-order valence-corrected chi connectivity index (χ3v) is 4.45. The van der Waals surface area contributed by atoms with Gasteiger partial charge in [-0.15, -0.1) is 0 Å². The number of nitrogens with zero attached hydrogens (tertiary/aromatic N) is 7. The van der Waals surface area contributed by atoms with E-state index in [1.54, 1.807) is 30.4 Å². The van der Waals surface area contributed by atoms with Gasteiger partial charge in [0.15, 0.2) is 5.82 Å². The topological polar surface area (TPSA) is 131 Å². The summed E-state index contributed by atoms with van der Waals surface area (Å²) >= 11 is 0. The molecule has 0 amide bonds. The molecule has 0 aromatic carbocycles. The number of pyridine rings is 1. The second-order valence-electron chi connectivity index (χ2n) is 6.47. The summed E-state index contributed by atoms with van der Waals surface area (Å²) in [5.74, 6) is 1.29. The summed E-state index contributed by atoms with van der Waals surface area (Å²) < 4.78 is 12.2. The van der Waals surface area contributed by atoms with Gasteiger partial charge in [0.2, 0.25) is 0 Å². The Kier molecular flexibility index (Phi) is 5.25. The molecule has 0 spiro atoms. The van der Waals surface area contributed by atoms with E-state index in [0.29, 0.717) is 42.1 Å². The van der Waals surface area contributed by atoms with Crippen LogP contribution in [0.5, 0.6) is 0 Å². The Morgan fingerprint density at radius 3 is 2.69 bits per heavy atom. The zero-order valence-corrected chi connectivity index (χ0v) is 16.1. The van der Waals surface area contributed by atoms with Crippen molar-refractivity contribution >= 4 is 5.82 Å². The Hall–Kier alpha value is -3.66. The van der Waals surface area contributed by atoms with Crippen molar-refractivity contribution in [2.24, 2.45) is 0 Å². The van der Waals surface area contributed by atoms with Gasteiger partial charge in [-0.2, -0.15) is 10.1 Å². The summed E-state index contributed by atoms with van der Waals surface area (Å²) in [6, 6.07) is 3.84. The van der Waals surface area contributed by atoms with E-state index in [-0.39, 0.29) is 5.92 Å². The number of anilines is 1. The molecule has 29 heavy (non-hydrogen) atoms. The van der Waals surface area contributed by atoms with Gasteiger partial charge in [-0.1, -0.05) is 18.1 Å². The molecule has 4 aromatic heterocycles. The minimum absolute atomic E-state index is 0.0879. The summed E-state index contributed by atoms with van der Waals surface area (Å²) in [4.78, 5) is 17.3. The molecule has 4 heterocycles. The molecule has 0 radical (unpaired) electrons. The highest BCUT2D eigenvalue weighted by atomic mass is 16.5. The number of ether oxygens (including phenoxy) is 1. The summed E-state index contributed by atoms with van der Waals surface area (Å²) in [6.45, 7) is 3.23. The Bertz CT molecular complexity index is 1070. The predicted molar refractivity (Wildman–Crippen MR) is 105 cm³/mol. The molecule has 0 fully saturated rings. The molecule has 2 N–H and O–H groups in total. The number of hydrogen-bond donors (Lipinski definition) is 1. The smallest absolute Gasteiger partial charge is 0.261 e. The molecule has 1 atom stereocenters. The van der Waals surface area contributed by atoms with Crippen LogP contribution >= 0.6 is 0 Å². The maximum absolute atomic E-state index is 5.57. The third kappa shape index (κ3) is 4.11. The lowest BCUT2D eigenvalue weighted by Gasteiger charge is -2.07. The van der Waals surface area contributed by atoms with Crippen LogP contribution in [0.25, 0.3) is 22.8 Å². The van der Waals surface area contributed by atoms with E-state index in [1.165, 1.54) is 6.20 Å². The van der Waals surface area contributed by atoms with E-state index in [4.69, 9.17) is 15.0 Å². The van der Waals surface area contributed by atoms with Crippen LogP contribution in [0.3, 0.4) is 0 Å². The predicted octanol–water partition coefficient (Wildman–Crippen LogP) is 2.17. The molecule has 0 saturated carbocycles. The SMILES string of the molecule is COCCn1cc(-c2nc(C(C)c3ccc(-c4cnc(N)cn4)nc3)no2)cn1. The first-order chi connectivity index (χ1) is 14.1. The van der Waals surface area contributed by atoms with Crippen LogP contribution in [-0.4, -0.2) is 48.6 Å². The molecule has 148 valence electrons. The molecule has 0 bridgehead atoms. The molecular weight excluding hydrogens is 372 g/mol. The van der Waals surface area contributed by atoms with Gasteiger partial charge >= 0.3 is 0 Å². The molecule has 10 heteroatoms. The minimum Gasteiger partial charge on any atom is -0.383 e. The zero-order valence-electron chi connectivity index (χ0n) is 16.1. The lowest BCUT2D eigenvalue weighted by atomic mass is 10.0. The molecular formula is C19H20N8O2. The van der Waals surface area contributed by atoms with Crippen molar-refractivity contribution in [3.8, 4) is 22.8 Å². The summed E-state index contributed by atoms with van der Waals surface area (Å²) in [6.07, 6.45) is 8.42. The Balaban J connectivity index is 1.49. The lowest BCUT2D eigenvalue weighted by Crippen LogP contribution is -2.03. The maximum atomic E-state index is 5.57. The fourth-order valence-corrected chi connectivity index (χ4v) is 2.74. The Morgan fingerprint density at radius 2 is 1.97 bits per heavy atom. The van der Waals surface area contributed by atoms with Crippen molar-refractivity contribution in [2.45, 2.75) is 19.4 Å². The highest BCUT2D eigenvalue weighted by Gasteiger charge is 2.18. The van der Waals surface area contributed by atoms with Crippen LogP contribution in [0.1, 0.15) is 24.2 Å². The maximum Gasteiger partial charge on any atom is 0.261 e. The summed E-state index contributed by atoms with van der Waals surface area (Å²) in [5, 5.41) is 8.39.